The molecule has 0 radical (unpaired) electrons. The molecule has 5 heteroatoms. The van der Waals surface area contributed by atoms with Crippen molar-refractivity contribution in [2.45, 2.75) is 25.8 Å². The normalized spacial score (nSPS) is 12.1. The molecule has 0 saturated heterocycles. The highest BCUT2D eigenvalue weighted by Crippen LogP contribution is 2.37. The van der Waals surface area contributed by atoms with Gasteiger partial charge in [0.25, 0.3) is 0 Å². The number of nitrogens with two attached hydrogens (primary N) is 1. The van der Waals surface area contributed by atoms with Crippen molar-refractivity contribution in [3.8, 4) is 11.5 Å². The molecule has 0 aliphatic rings. The third kappa shape index (κ3) is 3.03. The molecular weight excluding hydrogens is 298 g/mol. The van der Waals surface area contributed by atoms with Crippen LogP contribution in [0.15, 0.2) is 16.6 Å². The molecule has 1 unspecified atom stereocenters. The Morgan fingerprint density at radius 3 is 2.56 bits per heavy atom. The Morgan fingerprint density at radius 2 is 2.06 bits per heavy atom. The van der Waals surface area contributed by atoms with Gasteiger partial charge in [0.2, 0.25) is 0 Å². The topological polar surface area (TPSA) is 61.6 Å². The van der Waals surface area contributed by atoms with Crippen molar-refractivity contribution in [3.05, 3.63) is 22.2 Å². The predicted octanol–water partition coefficient (Wildman–Crippen LogP) is 2.78. The van der Waals surface area contributed by atoms with Crippen LogP contribution in [0.25, 0.3) is 0 Å². The van der Waals surface area contributed by atoms with Gasteiger partial charge in [0.05, 0.1) is 25.8 Å². The molecule has 1 aromatic carbocycles. The quantitative estimate of drug-likeness (QED) is 0.820. The lowest BCUT2D eigenvalue weighted by Gasteiger charge is -2.15. The number of methoxy groups -OCH3 is 2. The van der Waals surface area contributed by atoms with Crippen LogP contribution in [0.2, 0.25) is 0 Å². The third-order valence-electron chi connectivity index (χ3n) is 2.69. The number of ketones is 1. The Bertz CT molecular complexity index is 434. The van der Waals surface area contributed by atoms with Crippen LogP contribution in [-0.4, -0.2) is 26.0 Å². The van der Waals surface area contributed by atoms with Gasteiger partial charge in [-0.3, -0.25) is 4.79 Å². The third-order valence-corrected chi connectivity index (χ3v) is 3.44. The van der Waals surface area contributed by atoms with E-state index in [0.29, 0.717) is 28.0 Å². The summed E-state index contributed by atoms with van der Waals surface area (Å²) < 4.78 is 11.1. The summed E-state index contributed by atoms with van der Waals surface area (Å²) in [5.74, 6) is 0.968. The zero-order valence-electron chi connectivity index (χ0n) is 10.8. The molecule has 100 valence electrons. The molecule has 0 bridgehead atoms. The SMILES string of the molecule is CCCC(N)C(=O)c1ccc(OC)c(Br)c1OC. The van der Waals surface area contributed by atoms with Gasteiger partial charge in [0, 0.05) is 0 Å². The Balaban J connectivity index is 3.17. The number of carbonyl (C=O) groups excluding carboxylic acids is 1. The van der Waals surface area contributed by atoms with Crippen LogP contribution in [0.1, 0.15) is 30.1 Å². The summed E-state index contributed by atoms with van der Waals surface area (Å²) in [6.45, 7) is 1.99. The zero-order chi connectivity index (χ0) is 13.7. The van der Waals surface area contributed by atoms with E-state index in [2.05, 4.69) is 15.9 Å². The Hall–Kier alpha value is -1.07. The van der Waals surface area contributed by atoms with Crippen LogP contribution in [0.3, 0.4) is 0 Å². The lowest BCUT2D eigenvalue weighted by Crippen LogP contribution is -2.30. The molecule has 0 fully saturated rings. The monoisotopic (exact) mass is 315 g/mol. The smallest absolute Gasteiger partial charge is 0.183 e. The summed E-state index contributed by atoms with van der Waals surface area (Å²) in [6, 6.07) is 2.91. The summed E-state index contributed by atoms with van der Waals surface area (Å²) in [5, 5.41) is 0. The average molecular weight is 316 g/mol. The fourth-order valence-corrected chi connectivity index (χ4v) is 2.40. The van der Waals surface area contributed by atoms with Crippen molar-refractivity contribution >= 4 is 21.7 Å². The van der Waals surface area contributed by atoms with Crippen molar-refractivity contribution < 1.29 is 14.3 Å². The molecule has 0 aliphatic carbocycles. The van der Waals surface area contributed by atoms with Crippen molar-refractivity contribution in [1.82, 2.24) is 0 Å². The molecule has 0 aliphatic heterocycles. The van der Waals surface area contributed by atoms with Gasteiger partial charge in [0.1, 0.15) is 16.0 Å². The van der Waals surface area contributed by atoms with Crippen molar-refractivity contribution in [1.29, 1.82) is 0 Å². The number of carbonyl (C=O) groups is 1. The van der Waals surface area contributed by atoms with E-state index in [-0.39, 0.29) is 5.78 Å². The fraction of sp³-hybridized carbons (Fsp3) is 0.462. The molecule has 4 nitrogen and oxygen atoms in total. The molecule has 1 aromatic rings. The van der Waals surface area contributed by atoms with E-state index >= 15 is 0 Å². The maximum Gasteiger partial charge on any atom is 0.183 e. The molecule has 1 rings (SSSR count). The highest BCUT2D eigenvalue weighted by atomic mass is 79.9. The first-order valence-corrected chi connectivity index (χ1v) is 6.56. The van der Waals surface area contributed by atoms with E-state index in [4.69, 9.17) is 15.2 Å². The van der Waals surface area contributed by atoms with E-state index in [0.717, 1.165) is 6.42 Å². The maximum absolute atomic E-state index is 12.2. The van der Waals surface area contributed by atoms with E-state index in [1.807, 2.05) is 6.92 Å². The molecule has 0 aromatic heterocycles. The summed E-state index contributed by atoms with van der Waals surface area (Å²) >= 11 is 3.37. The minimum atomic E-state index is -0.496. The molecule has 0 saturated carbocycles. The largest absolute Gasteiger partial charge is 0.495 e. The summed E-state index contributed by atoms with van der Waals surface area (Å²) in [6.07, 6.45) is 1.53. The van der Waals surface area contributed by atoms with Crippen molar-refractivity contribution in [2.24, 2.45) is 5.73 Å². The molecule has 0 heterocycles. The Kier molecular flexibility index (Phi) is 5.62. The lowest BCUT2D eigenvalue weighted by molar-refractivity contribution is 0.0953. The first kappa shape index (κ1) is 15.0. The van der Waals surface area contributed by atoms with Gasteiger partial charge in [-0.1, -0.05) is 13.3 Å². The molecular formula is C13H18BrNO3. The van der Waals surface area contributed by atoms with Crippen LogP contribution in [0.4, 0.5) is 0 Å². The predicted molar refractivity (Wildman–Crippen MR) is 74.5 cm³/mol. The second-order valence-corrected chi connectivity index (χ2v) is 4.72. The van der Waals surface area contributed by atoms with Crippen molar-refractivity contribution in [3.63, 3.8) is 0 Å². The van der Waals surface area contributed by atoms with Gasteiger partial charge in [-0.05, 0) is 34.5 Å². The number of Topliss-reactive ketones (excluding diaryl/α,β-unsaturated/α-hetero) is 1. The first-order chi connectivity index (χ1) is 8.56. The van der Waals surface area contributed by atoms with Crippen molar-refractivity contribution in [2.75, 3.05) is 14.2 Å². The number of ether oxygens (including phenoxy) is 2. The average Bonchev–Trinajstić information content (AvgIpc) is 2.37. The lowest BCUT2D eigenvalue weighted by atomic mass is 10.0. The second-order valence-electron chi connectivity index (χ2n) is 3.92. The van der Waals surface area contributed by atoms with Gasteiger partial charge in [0.15, 0.2) is 5.78 Å². The Labute approximate surface area is 116 Å². The second kappa shape index (κ2) is 6.75. The number of rotatable bonds is 6. The Morgan fingerprint density at radius 1 is 1.39 bits per heavy atom. The summed E-state index contributed by atoms with van der Waals surface area (Å²) in [4.78, 5) is 12.2. The van der Waals surface area contributed by atoms with Gasteiger partial charge in [-0.2, -0.15) is 0 Å². The minimum absolute atomic E-state index is 0.114. The first-order valence-electron chi connectivity index (χ1n) is 5.77. The minimum Gasteiger partial charge on any atom is -0.495 e. The van der Waals surface area contributed by atoms with Gasteiger partial charge in [-0.25, -0.2) is 0 Å². The van der Waals surface area contributed by atoms with Crippen LogP contribution < -0.4 is 15.2 Å². The molecule has 18 heavy (non-hydrogen) atoms. The van der Waals surface area contributed by atoms with E-state index in [1.165, 1.54) is 7.11 Å². The molecule has 2 N–H and O–H groups in total. The highest BCUT2D eigenvalue weighted by molar-refractivity contribution is 9.10. The number of benzene rings is 1. The highest BCUT2D eigenvalue weighted by Gasteiger charge is 2.22. The number of halogens is 1. The van der Waals surface area contributed by atoms with Crippen LogP contribution in [0, 0.1) is 0 Å². The van der Waals surface area contributed by atoms with Gasteiger partial charge >= 0.3 is 0 Å². The van der Waals surface area contributed by atoms with Gasteiger partial charge in [-0.15, -0.1) is 0 Å². The summed E-state index contributed by atoms with van der Waals surface area (Å²) in [5.41, 5.74) is 6.33. The summed E-state index contributed by atoms with van der Waals surface area (Å²) in [7, 11) is 3.07. The van der Waals surface area contributed by atoms with Gasteiger partial charge < -0.3 is 15.2 Å². The van der Waals surface area contributed by atoms with Crippen LogP contribution >= 0.6 is 15.9 Å². The number of hydrogen-bond donors (Lipinski definition) is 1. The number of hydrogen-bond acceptors (Lipinski definition) is 4. The molecule has 0 spiro atoms. The van der Waals surface area contributed by atoms with E-state index in [1.54, 1.807) is 19.2 Å². The molecule has 1 atom stereocenters. The van der Waals surface area contributed by atoms with E-state index < -0.39 is 6.04 Å². The maximum atomic E-state index is 12.2. The standard InChI is InChI=1S/C13H18BrNO3/c1-4-5-9(15)12(16)8-6-7-10(17-2)11(14)13(8)18-3/h6-7,9H,4-5,15H2,1-3H3. The van der Waals surface area contributed by atoms with Crippen LogP contribution in [-0.2, 0) is 0 Å². The fourth-order valence-electron chi connectivity index (χ4n) is 1.73. The van der Waals surface area contributed by atoms with Crippen LogP contribution in [0.5, 0.6) is 11.5 Å². The molecule has 0 amide bonds. The van der Waals surface area contributed by atoms with E-state index in [9.17, 15) is 4.79 Å². The zero-order valence-corrected chi connectivity index (χ0v) is 12.4.